The number of amides is 2. The lowest BCUT2D eigenvalue weighted by Gasteiger charge is -2.35. The van der Waals surface area contributed by atoms with Gasteiger partial charge in [-0.3, -0.25) is 9.59 Å². The van der Waals surface area contributed by atoms with Gasteiger partial charge in [-0.1, -0.05) is 37.6 Å². The molecule has 4 rings (SSSR count). The average molecular weight is 352 g/mol. The smallest absolute Gasteiger partial charge is 0.262 e. The number of unbranched alkanes of at least 4 members (excludes halogenated alkanes) is 1. The van der Waals surface area contributed by atoms with Crippen LogP contribution in [0.2, 0.25) is 0 Å². The van der Waals surface area contributed by atoms with Gasteiger partial charge in [0.05, 0.1) is 5.69 Å². The lowest BCUT2D eigenvalue weighted by molar-refractivity contribution is -0.118. The van der Waals surface area contributed by atoms with Crippen LogP contribution in [0.25, 0.3) is 0 Å². The Kier molecular flexibility index (Phi) is 3.92. The molecule has 2 amide bonds. The van der Waals surface area contributed by atoms with Crippen molar-refractivity contribution < 1.29 is 19.4 Å². The van der Waals surface area contributed by atoms with Crippen molar-refractivity contribution in [3.63, 3.8) is 0 Å². The molecule has 6 heteroatoms. The molecule has 0 radical (unpaired) electrons. The zero-order valence-electron chi connectivity index (χ0n) is 14.5. The van der Waals surface area contributed by atoms with Gasteiger partial charge < -0.3 is 20.1 Å². The first kappa shape index (κ1) is 16.6. The van der Waals surface area contributed by atoms with Crippen molar-refractivity contribution in [2.45, 2.75) is 25.5 Å². The maximum atomic E-state index is 12.9. The number of anilines is 1. The van der Waals surface area contributed by atoms with Crippen LogP contribution in [0.5, 0.6) is 5.75 Å². The zero-order chi connectivity index (χ0) is 18.3. The van der Waals surface area contributed by atoms with E-state index >= 15 is 0 Å². The van der Waals surface area contributed by atoms with Gasteiger partial charge in [0, 0.05) is 23.2 Å². The summed E-state index contributed by atoms with van der Waals surface area (Å²) in [6.45, 7) is 2.46. The third kappa shape index (κ3) is 2.37. The summed E-state index contributed by atoms with van der Waals surface area (Å²) in [5.74, 6) is 0.122. The van der Waals surface area contributed by atoms with E-state index in [1.165, 1.54) is 4.90 Å². The lowest BCUT2D eigenvalue weighted by atomic mass is 9.93. The number of aliphatic hydroxyl groups is 1. The van der Waals surface area contributed by atoms with Crippen LogP contribution in [0.1, 0.15) is 41.3 Å². The van der Waals surface area contributed by atoms with E-state index in [9.17, 15) is 14.7 Å². The standard InChI is InChI=1S/C20H20N2O4/c1-2-3-10-22-19(24)14-6-4-5-7-15(14)20(22,25)13-8-9-17-16(11-13)21-18(23)12-26-17/h4-9,11,25H,2-3,10,12H2,1H3,(H,21,23). The highest BCUT2D eigenvalue weighted by molar-refractivity contribution is 6.00. The molecule has 2 aliphatic heterocycles. The SMILES string of the molecule is CCCCN1C(=O)c2ccccc2C1(O)c1ccc2c(c1)NC(=O)CO2. The van der Waals surface area contributed by atoms with Crippen molar-refractivity contribution in [2.75, 3.05) is 18.5 Å². The molecular formula is C20H20N2O4. The summed E-state index contributed by atoms with van der Waals surface area (Å²) in [4.78, 5) is 26.0. The quantitative estimate of drug-likeness (QED) is 0.886. The Morgan fingerprint density at radius 3 is 2.85 bits per heavy atom. The van der Waals surface area contributed by atoms with Gasteiger partial charge in [0.2, 0.25) is 0 Å². The first-order valence-corrected chi connectivity index (χ1v) is 8.76. The highest BCUT2D eigenvalue weighted by atomic mass is 16.5. The molecule has 0 bridgehead atoms. The molecule has 0 fully saturated rings. The van der Waals surface area contributed by atoms with E-state index < -0.39 is 5.72 Å². The lowest BCUT2D eigenvalue weighted by Crippen LogP contribution is -2.45. The zero-order valence-corrected chi connectivity index (χ0v) is 14.5. The summed E-state index contributed by atoms with van der Waals surface area (Å²) < 4.78 is 5.39. The maximum absolute atomic E-state index is 12.9. The van der Waals surface area contributed by atoms with Gasteiger partial charge in [-0.15, -0.1) is 0 Å². The van der Waals surface area contributed by atoms with Crippen LogP contribution >= 0.6 is 0 Å². The van der Waals surface area contributed by atoms with Gasteiger partial charge in [-0.25, -0.2) is 0 Å². The first-order chi connectivity index (χ1) is 12.6. The van der Waals surface area contributed by atoms with E-state index in [-0.39, 0.29) is 18.4 Å². The van der Waals surface area contributed by atoms with Crippen molar-refractivity contribution in [1.29, 1.82) is 0 Å². The molecule has 2 aromatic carbocycles. The van der Waals surface area contributed by atoms with Crippen LogP contribution in [-0.4, -0.2) is 35.0 Å². The number of rotatable bonds is 4. The van der Waals surface area contributed by atoms with Crippen LogP contribution in [-0.2, 0) is 10.5 Å². The van der Waals surface area contributed by atoms with E-state index in [2.05, 4.69) is 5.32 Å². The molecule has 2 heterocycles. The van der Waals surface area contributed by atoms with Gasteiger partial charge in [-0.2, -0.15) is 0 Å². The van der Waals surface area contributed by atoms with Crippen LogP contribution in [0.3, 0.4) is 0 Å². The largest absolute Gasteiger partial charge is 0.482 e. The second kappa shape index (κ2) is 6.14. The van der Waals surface area contributed by atoms with Crippen LogP contribution < -0.4 is 10.1 Å². The Labute approximate surface area is 151 Å². The van der Waals surface area contributed by atoms with E-state index in [1.807, 2.05) is 13.0 Å². The fourth-order valence-corrected chi connectivity index (χ4v) is 3.60. The van der Waals surface area contributed by atoms with Crippen molar-refractivity contribution in [3.05, 3.63) is 59.2 Å². The summed E-state index contributed by atoms with van der Waals surface area (Å²) >= 11 is 0. The summed E-state index contributed by atoms with van der Waals surface area (Å²) in [6.07, 6.45) is 1.69. The molecule has 1 unspecified atom stereocenters. The Hall–Kier alpha value is -2.86. The monoisotopic (exact) mass is 352 g/mol. The second-order valence-corrected chi connectivity index (χ2v) is 6.58. The minimum Gasteiger partial charge on any atom is -0.482 e. The van der Waals surface area contributed by atoms with Gasteiger partial charge in [0.25, 0.3) is 11.8 Å². The van der Waals surface area contributed by atoms with E-state index in [0.717, 1.165) is 12.8 Å². The topological polar surface area (TPSA) is 78.9 Å². The molecule has 2 aliphatic rings. The minimum absolute atomic E-state index is 0.0272. The molecule has 1 atom stereocenters. The molecule has 0 spiro atoms. The van der Waals surface area contributed by atoms with E-state index in [1.54, 1.807) is 36.4 Å². The highest BCUT2D eigenvalue weighted by Crippen LogP contribution is 2.44. The molecule has 6 nitrogen and oxygen atoms in total. The third-order valence-electron chi connectivity index (χ3n) is 4.92. The molecule has 26 heavy (non-hydrogen) atoms. The van der Waals surface area contributed by atoms with E-state index in [0.29, 0.717) is 34.7 Å². The molecule has 0 aliphatic carbocycles. The van der Waals surface area contributed by atoms with Gasteiger partial charge in [0.15, 0.2) is 12.3 Å². The minimum atomic E-state index is -1.57. The van der Waals surface area contributed by atoms with Crippen molar-refractivity contribution >= 4 is 17.5 Å². The predicted octanol–water partition coefficient (Wildman–Crippen LogP) is 2.47. The number of ether oxygens (including phenoxy) is 1. The van der Waals surface area contributed by atoms with Crippen molar-refractivity contribution in [1.82, 2.24) is 4.90 Å². The number of fused-ring (bicyclic) bond motifs is 2. The fraction of sp³-hybridized carbons (Fsp3) is 0.300. The van der Waals surface area contributed by atoms with Crippen LogP contribution in [0, 0.1) is 0 Å². The Morgan fingerprint density at radius 2 is 2.04 bits per heavy atom. The maximum Gasteiger partial charge on any atom is 0.262 e. The highest BCUT2D eigenvalue weighted by Gasteiger charge is 2.49. The van der Waals surface area contributed by atoms with Crippen LogP contribution in [0.4, 0.5) is 5.69 Å². The number of hydrogen-bond donors (Lipinski definition) is 2. The molecule has 0 saturated heterocycles. The molecule has 0 saturated carbocycles. The molecule has 0 aromatic heterocycles. The fourth-order valence-electron chi connectivity index (χ4n) is 3.60. The van der Waals surface area contributed by atoms with Gasteiger partial charge >= 0.3 is 0 Å². The molecule has 2 aromatic rings. The number of nitrogens with one attached hydrogen (secondary N) is 1. The van der Waals surface area contributed by atoms with Crippen molar-refractivity contribution in [2.24, 2.45) is 0 Å². The number of benzene rings is 2. The second-order valence-electron chi connectivity index (χ2n) is 6.58. The van der Waals surface area contributed by atoms with Gasteiger partial charge in [-0.05, 0) is 24.6 Å². The summed E-state index contributed by atoms with van der Waals surface area (Å²) in [5, 5.41) is 14.4. The van der Waals surface area contributed by atoms with Gasteiger partial charge in [0.1, 0.15) is 5.75 Å². The molecular weight excluding hydrogens is 332 g/mol. The number of nitrogens with zero attached hydrogens (tertiary/aromatic N) is 1. The average Bonchev–Trinajstić information content (AvgIpc) is 2.88. The molecule has 2 N–H and O–H groups in total. The first-order valence-electron chi connectivity index (χ1n) is 8.76. The predicted molar refractivity (Wildman–Crippen MR) is 96.0 cm³/mol. The number of carbonyl (C=O) groups is 2. The van der Waals surface area contributed by atoms with E-state index in [4.69, 9.17) is 4.74 Å². The summed E-state index contributed by atoms with van der Waals surface area (Å²) in [6, 6.07) is 12.2. The Morgan fingerprint density at radius 1 is 1.23 bits per heavy atom. The third-order valence-corrected chi connectivity index (χ3v) is 4.92. The summed E-state index contributed by atoms with van der Waals surface area (Å²) in [5.41, 5.74) is 0.518. The van der Waals surface area contributed by atoms with Crippen LogP contribution in [0.15, 0.2) is 42.5 Å². The number of carbonyl (C=O) groups excluding carboxylic acids is 2. The number of hydrogen-bond acceptors (Lipinski definition) is 4. The Balaban J connectivity index is 1.85. The van der Waals surface area contributed by atoms with Crippen molar-refractivity contribution in [3.8, 4) is 5.75 Å². The Bertz CT molecular complexity index is 895. The normalized spacial score (nSPS) is 21.1. The molecule has 134 valence electrons. The summed E-state index contributed by atoms with van der Waals surface area (Å²) in [7, 11) is 0.